The molecule has 2 aromatic heterocycles. The van der Waals surface area contributed by atoms with Crippen LogP contribution < -0.4 is 11.0 Å². The maximum absolute atomic E-state index is 7.56. The molecular weight excluding hydrogens is 611 g/mol. The summed E-state index contributed by atoms with van der Waals surface area (Å²) in [4.78, 5) is 21.2. The number of hydrogen-bond donors (Lipinski definition) is 0. The molecule has 6 nitrogen and oxygen atoms in total. The zero-order valence-electron chi connectivity index (χ0n) is 25.2. The number of aromatic nitrogens is 2. The van der Waals surface area contributed by atoms with Crippen LogP contribution in [-0.2, 0) is 0 Å². The Morgan fingerprint density at radius 3 is 1.38 bits per heavy atom. The molecule has 0 fully saturated rings. The molecule has 0 amide bonds. The van der Waals surface area contributed by atoms with Crippen molar-refractivity contribution in [2.24, 2.45) is 20.0 Å². The maximum atomic E-state index is 7.56. The minimum absolute atomic E-state index is 0.624. The van der Waals surface area contributed by atoms with Crippen LogP contribution in [0.25, 0.3) is 64.6 Å². The molecule has 0 aliphatic carbocycles. The van der Waals surface area contributed by atoms with E-state index in [1.54, 1.807) is 0 Å². The van der Waals surface area contributed by atoms with Gasteiger partial charge in [-0.05, 0) is 91.6 Å². The van der Waals surface area contributed by atoms with Crippen molar-refractivity contribution in [1.82, 2.24) is 8.96 Å². The largest absolute Gasteiger partial charge is 0.499 e. The van der Waals surface area contributed by atoms with Gasteiger partial charge in [0.1, 0.15) is 22.6 Å². The molecule has 8 heteroatoms. The molecule has 7 aromatic carbocycles. The Bertz CT molecular complexity index is 3200. The third kappa shape index (κ3) is 3.14. The summed E-state index contributed by atoms with van der Waals surface area (Å²) in [5.41, 5.74) is 3.44. The highest BCUT2D eigenvalue weighted by Gasteiger charge is 2.35. The van der Waals surface area contributed by atoms with Gasteiger partial charge in [0, 0.05) is 32.7 Å². The van der Waals surface area contributed by atoms with E-state index in [4.69, 9.17) is 31.4 Å². The smallest absolute Gasteiger partial charge is 0.319 e. The lowest BCUT2D eigenvalue weighted by atomic mass is 9.98. The molecule has 0 saturated carbocycles. The maximum Gasteiger partial charge on any atom is 0.499 e. The van der Waals surface area contributed by atoms with E-state index in [1.807, 2.05) is 16.6 Å². The Labute approximate surface area is 277 Å². The van der Waals surface area contributed by atoms with E-state index < -0.39 is 6.40 Å². The second kappa shape index (κ2) is 8.65. The first-order valence-corrected chi connectivity index (χ1v) is 16.5. The Morgan fingerprint density at radius 1 is 0.396 bits per heavy atom. The van der Waals surface area contributed by atoms with Crippen LogP contribution >= 0.6 is 11.5 Å². The molecule has 5 heterocycles. The molecule has 4 bridgehead atoms. The molecule has 0 atom stereocenters. The zero-order chi connectivity index (χ0) is 31.2. The Kier molecular flexibility index (Phi) is 4.52. The molecular formula is C40H20BClN6. The second-order valence-corrected chi connectivity index (χ2v) is 13.3. The lowest BCUT2D eigenvalue weighted by molar-refractivity contribution is 0.938. The van der Waals surface area contributed by atoms with Crippen molar-refractivity contribution in [2.75, 3.05) is 0 Å². The van der Waals surface area contributed by atoms with Crippen LogP contribution in [0.2, 0.25) is 0 Å². The summed E-state index contributed by atoms with van der Waals surface area (Å²) in [6.45, 7) is 0. The van der Waals surface area contributed by atoms with Gasteiger partial charge in [-0.2, -0.15) is 0 Å². The molecule has 12 rings (SSSR count). The molecule has 0 unspecified atom stereocenters. The molecule has 3 aliphatic rings. The van der Waals surface area contributed by atoms with Crippen molar-refractivity contribution in [3.63, 3.8) is 0 Å². The Balaban J connectivity index is 1.27. The summed E-state index contributed by atoms with van der Waals surface area (Å²) in [7, 11) is 0. The van der Waals surface area contributed by atoms with Gasteiger partial charge >= 0.3 is 6.40 Å². The molecule has 0 N–H and O–H groups in total. The van der Waals surface area contributed by atoms with Crippen LogP contribution in [0.5, 0.6) is 0 Å². The van der Waals surface area contributed by atoms with Crippen LogP contribution in [0.15, 0.2) is 141 Å². The molecule has 0 spiro atoms. The molecule has 48 heavy (non-hydrogen) atoms. The van der Waals surface area contributed by atoms with Crippen molar-refractivity contribution in [3.05, 3.63) is 143 Å². The topological polar surface area (TPSA) is 59.3 Å². The SMILES string of the molecule is ClB1n2c3c4ccccc4c2N=c2c4cc5cc6ccccc6cc5cc4c(n21)=NC1=NC(=N3)c2cc3cc4ccccc4cc3cc21. The number of amidine groups is 2. The van der Waals surface area contributed by atoms with Crippen LogP contribution in [0.4, 0.5) is 11.6 Å². The molecule has 0 saturated heterocycles. The van der Waals surface area contributed by atoms with Crippen LogP contribution in [-0.4, -0.2) is 27.0 Å². The van der Waals surface area contributed by atoms with Crippen molar-refractivity contribution in [1.29, 1.82) is 0 Å². The van der Waals surface area contributed by atoms with Gasteiger partial charge in [0.05, 0.1) is 0 Å². The standard InChI is InChI=1S/C40H20BClN6/c42-41-47-37-29-11-5-6-12-30(29)38(47)46-40-34-20-28-16-24-10-4-3-9-23(24)15-27(28)19-33(34)39(48(40)41)45-36-32-18-26-14-22-8-2-1-7-21(22)13-25(26)17-31(32)35(43-36)44-37/h1-20H. The van der Waals surface area contributed by atoms with Gasteiger partial charge < -0.3 is 8.96 Å². The Morgan fingerprint density at radius 2 is 0.833 bits per heavy atom. The predicted molar refractivity (Wildman–Crippen MR) is 197 cm³/mol. The summed E-state index contributed by atoms with van der Waals surface area (Å²) in [5, 5.41) is 13.3. The number of benzene rings is 7. The van der Waals surface area contributed by atoms with Gasteiger partial charge in [-0.1, -0.05) is 72.8 Å². The molecule has 9 aromatic rings. The van der Waals surface area contributed by atoms with Crippen LogP contribution in [0.3, 0.4) is 0 Å². The minimum atomic E-state index is -0.641. The highest BCUT2D eigenvalue weighted by atomic mass is 35.5. The van der Waals surface area contributed by atoms with Crippen molar-refractivity contribution < 1.29 is 0 Å². The van der Waals surface area contributed by atoms with E-state index in [0.717, 1.165) is 76.8 Å². The van der Waals surface area contributed by atoms with Gasteiger partial charge in [0.25, 0.3) is 0 Å². The highest BCUT2D eigenvalue weighted by molar-refractivity contribution is 7.05. The molecule has 220 valence electrons. The van der Waals surface area contributed by atoms with Gasteiger partial charge in [-0.3, -0.25) is 0 Å². The highest BCUT2D eigenvalue weighted by Crippen LogP contribution is 2.42. The average Bonchev–Trinajstić information content (AvgIpc) is 3.72. The van der Waals surface area contributed by atoms with Crippen molar-refractivity contribution in [3.8, 4) is 0 Å². The van der Waals surface area contributed by atoms with Gasteiger partial charge in [0.2, 0.25) is 0 Å². The van der Waals surface area contributed by atoms with Crippen molar-refractivity contribution in [2.45, 2.75) is 0 Å². The van der Waals surface area contributed by atoms with E-state index in [0.29, 0.717) is 11.7 Å². The lowest BCUT2D eigenvalue weighted by Crippen LogP contribution is -2.44. The van der Waals surface area contributed by atoms with E-state index in [2.05, 4.69) is 114 Å². The van der Waals surface area contributed by atoms with E-state index in [-0.39, 0.29) is 0 Å². The first kappa shape index (κ1) is 25.1. The van der Waals surface area contributed by atoms with Crippen LogP contribution in [0, 0.1) is 0 Å². The second-order valence-electron chi connectivity index (χ2n) is 12.9. The van der Waals surface area contributed by atoms with Gasteiger partial charge in [0.15, 0.2) is 11.7 Å². The van der Waals surface area contributed by atoms with E-state index >= 15 is 0 Å². The number of nitrogens with zero attached hydrogens (tertiary/aromatic N) is 6. The number of rotatable bonds is 0. The summed E-state index contributed by atoms with van der Waals surface area (Å²) in [6.07, 6.45) is -0.641. The summed E-state index contributed by atoms with van der Waals surface area (Å²) in [5.74, 6) is 2.77. The Hall–Kier alpha value is -6.05. The van der Waals surface area contributed by atoms with Gasteiger partial charge in [-0.15, -0.1) is 11.5 Å². The average molecular weight is 631 g/mol. The normalized spacial score (nSPS) is 14.5. The third-order valence-electron chi connectivity index (χ3n) is 10.2. The quantitative estimate of drug-likeness (QED) is 0.119. The fourth-order valence-electron chi connectivity index (χ4n) is 7.98. The summed E-state index contributed by atoms with van der Waals surface area (Å²) >= 11 is 7.56. The van der Waals surface area contributed by atoms with E-state index in [1.165, 1.54) is 21.5 Å². The van der Waals surface area contributed by atoms with Crippen molar-refractivity contribution >= 4 is 106 Å². The monoisotopic (exact) mass is 630 g/mol. The zero-order valence-corrected chi connectivity index (χ0v) is 25.9. The predicted octanol–water partition coefficient (Wildman–Crippen LogP) is 8.57. The number of aliphatic imine (C=N–C) groups is 2. The fourth-order valence-corrected chi connectivity index (χ4v) is 8.35. The number of halogens is 1. The molecule has 0 radical (unpaired) electrons. The lowest BCUT2D eigenvalue weighted by Gasteiger charge is -2.18. The third-order valence-corrected chi connectivity index (χ3v) is 10.6. The summed E-state index contributed by atoms with van der Waals surface area (Å²) in [6, 6.07) is 43.1. The first-order chi connectivity index (χ1) is 23.7. The van der Waals surface area contributed by atoms with E-state index in [9.17, 15) is 0 Å². The first-order valence-electron chi connectivity index (χ1n) is 16.0. The minimum Gasteiger partial charge on any atom is -0.319 e. The van der Waals surface area contributed by atoms with Gasteiger partial charge in [-0.25, -0.2) is 20.0 Å². The molecule has 3 aliphatic heterocycles. The number of fused-ring (bicyclic) bond motifs is 14. The summed E-state index contributed by atoms with van der Waals surface area (Å²) < 4.78 is 4.08. The van der Waals surface area contributed by atoms with Crippen LogP contribution in [0.1, 0.15) is 11.1 Å². The fraction of sp³-hybridized carbons (Fsp3) is 0. The number of hydrogen-bond acceptors (Lipinski definition) is 4.